The molecule has 0 atom stereocenters. The number of nitrogens with zero attached hydrogens (tertiary/aromatic N) is 2. The minimum atomic E-state index is -3.76. The van der Waals surface area contributed by atoms with Crippen LogP contribution in [0, 0.1) is 0 Å². The molecule has 5 rings (SSSR count). The predicted octanol–water partition coefficient (Wildman–Crippen LogP) is 6.47. The molecule has 0 spiro atoms. The van der Waals surface area contributed by atoms with E-state index in [1.807, 2.05) is 53.4 Å². The summed E-state index contributed by atoms with van der Waals surface area (Å²) >= 11 is 3.50. The van der Waals surface area contributed by atoms with Gasteiger partial charge in [-0.3, -0.25) is 9.69 Å². The third kappa shape index (κ3) is 10.4. The Hall–Kier alpha value is -3.21. The molecule has 1 aliphatic heterocycles. The maximum atomic E-state index is 13.6. The van der Waals surface area contributed by atoms with E-state index in [1.165, 1.54) is 25.0 Å². The first-order valence-corrected chi connectivity index (χ1v) is 17.3. The van der Waals surface area contributed by atoms with Gasteiger partial charge in [-0.2, -0.15) is 0 Å². The lowest BCUT2D eigenvalue weighted by Gasteiger charge is -2.24. The highest BCUT2D eigenvalue weighted by Gasteiger charge is 2.17. The number of halogens is 2. The summed E-state index contributed by atoms with van der Waals surface area (Å²) in [6.45, 7) is 4.85. The number of hydrogen-bond donors (Lipinski definition) is 1. The average Bonchev–Trinajstić information content (AvgIpc) is 3.53. The first-order valence-electron chi connectivity index (χ1n) is 14.9. The van der Waals surface area contributed by atoms with Crippen molar-refractivity contribution in [1.29, 1.82) is 0 Å². The zero-order chi connectivity index (χ0) is 30.9. The zero-order valence-electron chi connectivity index (χ0n) is 25.1. The van der Waals surface area contributed by atoms with Crippen LogP contribution < -0.4 is 9.88 Å². The quantitative estimate of drug-likeness (QED) is 0.172. The Morgan fingerprint density at radius 2 is 1.51 bits per heavy atom. The van der Waals surface area contributed by atoms with Crippen molar-refractivity contribution >= 4 is 44.3 Å². The highest BCUT2D eigenvalue weighted by molar-refractivity contribution is 9.10. The lowest BCUT2D eigenvalue weighted by atomic mass is 10.0. The highest BCUT2D eigenvalue weighted by atomic mass is 79.9. The zero-order valence-corrected chi connectivity index (χ0v) is 28.3. The maximum Gasteiger partial charge on any atom is 0.238 e. The smallest absolute Gasteiger partial charge is 0.238 e. The molecule has 1 amide bonds. The average molecular weight is 713 g/mol. The van der Waals surface area contributed by atoms with Crippen LogP contribution in [0.3, 0.4) is 0 Å². The molecule has 238 valence electrons. The molecule has 0 radical (unpaired) electrons. The Kier molecular flexibility index (Phi) is 12.6. The summed E-state index contributed by atoms with van der Waals surface area (Å²) in [7, 11) is -3.76. The van der Waals surface area contributed by atoms with E-state index in [2.05, 4.69) is 45.1 Å². The molecule has 0 unspecified atom stereocenters. The number of likely N-dealkylation sites (tertiary alicyclic amines) is 1. The van der Waals surface area contributed by atoms with Gasteiger partial charge in [0.05, 0.1) is 11.3 Å². The second kappa shape index (κ2) is 16.4. The minimum absolute atomic E-state index is 0. The first kappa shape index (κ1) is 34.7. The van der Waals surface area contributed by atoms with Crippen LogP contribution in [0.15, 0.2) is 106 Å². The third-order valence-electron chi connectivity index (χ3n) is 7.86. The molecule has 1 fully saturated rings. The van der Waals surface area contributed by atoms with Gasteiger partial charge in [-0.15, -0.1) is 12.4 Å². The lowest BCUT2D eigenvalue weighted by Crippen LogP contribution is -2.33. The Morgan fingerprint density at radius 3 is 2.22 bits per heavy atom. The largest absolute Gasteiger partial charge is 0.492 e. The highest BCUT2D eigenvalue weighted by Crippen LogP contribution is 2.26. The maximum absolute atomic E-state index is 13.6. The number of amides is 1. The van der Waals surface area contributed by atoms with Crippen molar-refractivity contribution in [3.05, 3.63) is 118 Å². The number of primary sulfonamides is 1. The van der Waals surface area contributed by atoms with Crippen LogP contribution in [0.4, 0.5) is 0 Å². The second-order valence-electron chi connectivity index (χ2n) is 11.2. The van der Waals surface area contributed by atoms with Gasteiger partial charge >= 0.3 is 0 Å². The van der Waals surface area contributed by atoms with E-state index in [-0.39, 0.29) is 29.6 Å². The summed E-state index contributed by atoms with van der Waals surface area (Å²) in [6.07, 6.45) is 3.40. The molecule has 0 saturated carbocycles. The van der Waals surface area contributed by atoms with Crippen LogP contribution in [0.1, 0.15) is 29.5 Å². The standard InChI is InChI=1S/C35H38BrN3O4S.ClH/c36-32-10-4-6-28(23-32)24-35(40)39(19-16-27-12-14-34(15-13-27)44(37,41)42)26-29-7-3-8-30(22-29)31-9-5-11-33(25-31)43-21-20-38-17-1-2-18-38;/h3-15,22-23,25H,1-2,16-21,24,26H2,(H2,37,41,42);1H. The molecule has 1 heterocycles. The molecule has 0 bridgehead atoms. The van der Waals surface area contributed by atoms with Gasteiger partial charge in [0.15, 0.2) is 0 Å². The molecule has 2 N–H and O–H groups in total. The summed E-state index contributed by atoms with van der Waals surface area (Å²) < 4.78 is 30.3. The Morgan fingerprint density at radius 1 is 0.844 bits per heavy atom. The van der Waals surface area contributed by atoms with E-state index in [4.69, 9.17) is 9.88 Å². The van der Waals surface area contributed by atoms with E-state index >= 15 is 0 Å². The van der Waals surface area contributed by atoms with Crippen molar-refractivity contribution in [2.75, 3.05) is 32.8 Å². The fourth-order valence-electron chi connectivity index (χ4n) is 5.47. The number of sulfonamides is 1. The first-order chi connectivity index (χ1) is 21.2. The molecule has 0 aliphatic carbocycles. The van der Waals surface area contributed by atoms with Crippen LogP contribution in [-0.2, 0) is 34.2 Å². The van der Waals surface area contributed by atoms with Gasteiger partial charge in [-0.1, -0.05) is 70.5 Å². The molecular weight excluding hydrogens is 674 g/mol. The summed E-state index contributed by atoms with van der Waals surface area (Å²) in [5.74, 6) is 0.870. The van der Waals surface area contributed by atoms with E-state index in [1.54, 1.807) is 12.1 Å². The normalized spacial score (nSPS) is 13.3. The monoisotopic (exact) mass is 711 g/mol. The molecule has 45 heavy (non-hydrogen) atoms. The van der Waals surface area contributed by atoms with Gasteiger partial charge in [0.1, 0.15) is 12.4 Å². The molecule has 7 nitrogen and oxygen atoms in total. The molecule has 0 aromatic heterocycles. The topological polar surface area (TPSA) is 92.9 Å². The number of nitrogens with two attached hydrogens (primary N) is 1. The molecule has 4 aromatic rings. The van der Waals surface area contributed by atoms with E-state index in [0.717, 1.165) is 57.7 Å². The third-order valence-corrected chi connectivity index (χ3v) is 9.28. The summed E-state index contributed by atoms with van der Waals surface area (Å²) in [5.41, 5.74) is 5.00. The van der Waals surface area contributed by atoms with Gasteiger partial charge in [-0.05, 0) is 103 Å². The Bertz CT molecular complexity index is 1680. The molecule has 10 heteroatoms. The van der Waals surface area contributed by atoms with Gasteiger partial charge in [0.2, 0.25) is 15.9 Å². The lowest BCUT2D eigenvalue weighted by molar-refractivity contribution is -0.131. The fraction of sp³-hybridized carbons (Fsp3) is 0.286. The van der Waals surface area contributed by atoms with Crippen molar-refractivity contribution in [1.82, 2.24) is 9.80 Å². The molecular formula is C35H39BrClN3O4S. The number of carbonyl (C=O) groups excluding carboxylic acids is 1. The summed E-state index contributed by atoms with van der Waals surface area (Å²) in [5, 5.41) is 5.25. The number of rotatable bonds is 13. The van der Waals surface area contributed by atoms with Crippen LogP contribution >= 0.6 is 28.3 Å². The van der Waals surface area contributed by atoms with Crippen molar-refractivity contribution in [2.45, 2.75) is 37.1 Å². The van der Waals surface area contributed by atoms with Crippen molar-refractivity contribution in [2.24, 2.45) is 5.14 Å². The van der Waals surface area contributed by atoms with Crippen LogP contribution in [0.25, 0.3) is 11.1 Å². The SMILES string of the molecule is Cl.NS(=O)(=O)c1ccc(CCN(Cc2cccc(-c3cccc(OCCN4CCCC4)c3)c2)C(=O)Cc2cccc(Br)c2)cc1. The van der Waals surface area contributed by atoms with E-state index < -0.39 is 10.0 Å². The fourth-order valence-corrected chi connectivity index (χ4v) is 6.43. The second-order valence-corrected chi connectivity index (χ2v) is 13.7. The van der Waals surface area contributed by atoms with Gasteiger partial charge < -0.3 is 9.64 Å². The number of benzene rings is 4. The Labute approximate surface area is 281 Å². The summed E-state index contributed by atoms with van der Waals surface area (Å²) in [6, 6.07) is 30.7. The van der Waals surface area contributed by atoms with Crippen molar-refractivity contribution < 1.29 is 17.9 Å². The molecule has 4 aromatic carbocycles. The van der Waals surface area contributed by atoms with Crippen LogP contribution in [0.5, 0.6) is 5.75 Å². The summed E-state index contributed by atoms with van der Waals surface area (Å²) in [4.78, 5) is 18.0. The minimum Gasteiger partial charge on any atom is -0.492 e. The van der Waals surface area contributed by atoms with Gasteiger partial charge in [-0.25, -0.2) is 13.6 Å². The van der Waals surface area contributed by atoms with Crippen molar-refractivity contribution in [3.63, 3.8) is 0 Å². The van der Waals surface area contributed by atoms with Gasteiger partial charge in [0.25, 0.3) is 0 Å². The molecule has 1 saturated heterocycles. The number of ether oxygens (including phenoxy) is 1. The van der Waals surface area contributed by atoms with Crippen LogP contribution in [-0.4, -0.2) is 56.9 Å². The number of carbonyl (C=O) groups is 1. The Balaban J connectivity index is 0.00000461. The predicted molar refractivity (Wildman–Crippen MR) is 185 cm³/mol. The van der Waals surface area contributed by atoms with E-state index in [0.29, 0.717) is 26.1 Å². The van der Waals surface area contributed by atoms with Gasteiger partial charge in [0, 0.05) is 24.1 Å². The number of hydrogen-bond acceptors (Lipinski definition) is 5. The van der Waals surface area contributed by atoms with E-state index in [9.17, 15) is 13.2 Å². The van der Waals surface area contributed by atoms with Crippen LogP contribution in [0.2, 0.25) is 0 Å². The van der Waals surface area contributed by atoms with Crippen molar-refractivity contribution in [3.8, 4) is 16.9 Å². The molecule has 1 aliphatic rings.